The molecule has 2 aliphatic rings. The highest BCUT2D eigenvalue weighted by Crippen LogP contribution is 2.35. The van der Waals surface area contributed by atoms with Crippen LogP contribution in [0.15, 0.2) is 0 Å². The normalized spacial score (nSPS) is 38.9. The Labute approximate surface area is 98.4 Å². The monoisotopic (exact) mass is 226 g/mol. The zero-order chi connectivity index (χ0) is 11.6. The van der Waals surface area contributed by atoms with Crippen LogP contribution >= 0.6 is 0 Å². The van der Waals surface area contributed by atoms with Crippen LogP contribution in [0.3, 0.4) is 0 Å². The van der Waals surface area contributed by atoms with Gasteiger partial charge in [0.15, 0.2) is 0 Å². The lowest BCUT2D eigenvalue weighted by Gasteiger charge is -2.51. The van der Waals surface area contributed by atoms with Crippen molar-refractivity contribution in [1.82, 2.24) is 0 Å². The number of quaternary nitrogens is 1. The fraction of sp³-hybridized carbons (Fsp3) is 0.923. The molecule has 2 aliphatic heterocycles. The van der Waals surface area contributed by atoms with Gasteiger partial charge in [0.2, 0.25) is 0 Å². The van der Waals surface area contributed by atoms with Crippen molar-refractivity contribution in [2.75, 3.05) is 26.7 Å². The summed E-state index contributed by atoms with van der Waals surface area (Å²) in [6.07, 6.45) is 6.58. The van der Waals surface area contributed by atoms with E-state index in [2.05, 4.69) is 7.05 Å². The van der Waals surface area contributed by atoms with Crippen molar-refractivity contribution in [2.24, 2.45) is 5.92 Å². The molecule has 0 N–H and O–H groups in total. The summed E-state index contributed by atoms with van der Waals surface area (Å²) in [6.45, 7) is 4.80. The average molecular weight is 226 g/mol. The summed E-state index contributed by atoms with van der Waals surface area (Å²) in [7, 11) is 2.39. The molecule has 3 heteroatoms. The van der Waals surface area contributed by atoms with Crippen LogP contribution in [0.2, 0.25) is 0 Å². The number of carbonyl (C=O) groups is 1. The number of nitrogens with zero attached hydrogens (tertiary/aromatic N) is 1. The largest absolute Gasteiger partial charge is 0.465 e. The third kappa shape index (κ3) is 2.40. The van der Waals surface area contributed by atoms with E-state index in [1.165, 1.54) is 56.6 Å². The molecule has 0 aromatic heterocycles. The van der Waals surface area contributed by atoms with E-state index in [-0.39, 0.29) is 5.97 Å². The molecule has 0 saturated carbocycles. The van der Waals surface area contributed by atoms with Crippen LogP contribution in [0.4, 0.5) is 0 Å². The SMILES string of the molecule is CC(=O)OCC1CCC[N+]2(C)CCCCC12. The molecule has 2 rings (SSSR count). The van der Waals surface area contributed by atoms with Gasteiger partial charge in [0.1, 0.15) is 0 Å². The summed E-state index contributed by atoms with van der Waals surface area (Å²) < 4.78 is 6.45. The molecule has 0 aliphatic carbocycles. The maximum atomic E-state index is 10.9. The number of carbonyl (C=O) groups excluding carboxylic acids is 1. The maximum absolute atomic E-state index is 10.9. The van der Waals surface area contributed by atoms with Crippen LogP contribution in [0, 0.1) is 5.92 Å². The van der Waals surface area contributed by atoms with Crippen LogP contribution in [0.5, 0.6) is 0 Å². The minimum Gasteiger partial charge on any atom is -0.465 e. The van der Waals surface area contributed by atoms with E-state index in [4.69, 9.17) is 4.74 Å². The predicted octanol–water partition coefficient (Wildman–Crippen LogP) is 1.96. The van der Waals surface area contributed by atoms with E-state index < -0.39 is 0 Å². The topological polar surface area (TPSA) is 26.3 Å². The predicted molar refractivity (Wildman–Crippen MR) is 62.9 cm³/mol. The summed E-state index contributed by atoms with van der Waals surface area (Å²) in [5.41, 5.74) is 0. The first-order valence-electron chi connectivity index (χ1n) is 6.59. The zero-order valence-electron chi connectivity index (χ0n) is 10.6. The first-order chi connectivity index (χ1) is 7.62. The second-order valence-electron chi connectivity index (χ2n) is 5.69. The van der Waals surface area contributed by atoms with Crippen molar-refractivity contribution in [3.63, 3.8) is 0 Å². The Morgan fingerprint density at radius 2 is 2.00 bits per heavy atom. The number of fused-ring (bicyclic) bond motifs is 1. The molecule has 3 atom stereocenters. The van der Waals surface area contributed by atoms with Gasteiger partial charge in [-0.25, -0.2) is 0 Å². The average Bonchev–Trinajstić information content (AvgIpc) is 2.25. The molecule has 2 fully saturated rings. The van der Waals surface area contributed by atoms with Gasteiger partial charge in [-0.15, -0.1) is 0 Å². The van der Waals surface area contributed by atoms with E-state index in [1.807, 2.05) is 0 Å². The van der Waals surface area contributed by atoms with E-state index >= 15 is 0 Å². The summed E-state index contributed by atoms with van der Waals surface area (Å²) in [6, 6.07) is 0.738. The van der Waals surface area contributed by atoms with Crippen LogP contribution in [0.25, 0.3) is 0 Å². The van der Waals surface area contributed by atoms with E-state index in [9.17, 15) is 4.79 Å². The maximum Gasteiger partial charge on any atom is 0.302 e. The van der Waals surface area contributed by atoms with Crippen LogP contribution in [-0.2, 0) is 9.53 Å². The Kier molecular flexibility index (Phi) is 3.53. The van der Waals surface area contributed by atoms with E-state index in [0.717, 1.165) is 6.04 Å². The van der Waals surface area contributed by atoms with Crippen molar-refractivity contribution >= 4 is 5.97 Å². The van der Waals surface area contributed by atoms with Gasteiger partial charge in [0.05, 0.1) is 32.8 Å². The lowest BCUT2D eigenvalue weighted by molar-refractivity contribution is -0.947. The molecule has 0 aromatic rings. The standard InChI is InChI=1S/C13H24NO2/c1-11(15)16-10-12-6-5-9-14(2)8-4-3-7-13(12)14/h12-13H,3-10H2,1-2H3/q+1. The van der Waals surface area contributed by atoms with Crippen molar-refractivity contribution < 1.29 is 14.0 Å². The Hall–Kier alpha value is -0.570. The van der Waals surface area contributed by atoms with Crippen molar-refractivity contribution in [2.45, 2.75) is 45.1 Å². The molecule has 0 spiro atoms. The van der Waals surface area contributed by atoms with Crippen LogP contribution in [0.1, 0.15) is 39.0 Å². The third-order valence-corrected chi connectivity index (χ3v) is 4.51. The van der Waals surface area contributed by atoms with Gasteiger partial charge in [-0.2, -0.15) is 0 Å². The molecule has 2 saturated heterocycles. The summed E-state index contributed by atoms with van der Waals surface area (Å²) in [5, 5.41) is 0. The highest BCUT2D eigenvalue weighted by Gasteiger charge is 2.43. The molecule has 0 amide bonds. The van der Waals surface area contributed by atoms with Gasteiger partial charge >= 0.3 is 5.97 Å². The number of ether oxygens (including phenoxy) is 1. The van der Waals surface area contributed by atoms with Crippen LogP contribution < -0.4 is 0 Å². The molecule has 0 aromatic carbocycles. The van der Waals surface area contributed by atoms with Gasteiger partial charge in [0.25, 0.3) is 0 Å². The Bertz CT molecular complexity index is 263. The van der Waals surface area contributed by atoms with Gasteiger partial charge < -0.3 is 9.22 Å². The van der Waals surface area contributed by atoms with Gasteiger partial charge in [-0.3, -0.25) is 4.79 Å². The second kappa shape index (κ2) is 4.74. The quantitative estimate of drug-likeness (QED) is 0.531. The van der Waals surface area contributed by atoms with Crippen molar-refractivity contribution in [1.29, 1.82) is 0 Å². The summed E-state index contributed by atoms with van der Waals surface area (Å²) in [5.74, 6) is 0.471. The minimum absolute atomic E-state index is 0.129. The third-order valence-electron chi connectivity index (χ3n) is 4.51. The van der Waals surface area contributed by atoms with Crippen molar-refractivity contribution in [3.8, 4) is 0 Å². The first-order valence-corrected chi connectivity index (χ1v) is 6.59. The fourth-order valence-electron chi connectivity index (χ4n) is 3.65. The van der Waals surface area contributed by atoms with Crippen LogP contribution in [-0.4, -0.2) is 43.2 Å². The van der Waals surface area contributed by atoms with Gasteiger partial charge in [-0.05, 0) is 25.7 Å². The van der Waals surface area contributed by atoms with Gasteiger partial charge in [-0.1, -0.05) is 0 Å². The van der Waals surface area contributed by atoms with E-state index in [1.54, 1.807) is 0 Å². The summed E-state index contributed by atoms with van der Waals surface area (Å²) in [4.78, 5) is 10.9. The lowest BCUT2D eigenvalue weighted by Crippen LogP contribution is -2.61. The lowest BCUT2D eigenvalue weighted by atomic mass is 9.82. The number of hydrogen-bond donors (Lipinski definition) is 0. The molecule has 0 bridgehead atoms. The Morgan fingerprint density at radius 3 is 2.75 bits per heavy atom. The molecule has 16 heavy (non-hydrogen) atoms. The molecule has 3 unspecified atom stereocenters. The zero-order valence-corrected chi connectivity index (χ0v) is 10.6. The Morgan fingerprint density at radius 1 is 1.25 bits per heavy atom. The Balaban J connectivity index is 1.99. The molecule has 2 heterocycles. The van der Waals surface area contributed by atoms with Crippen molar-refractivity contribution in [3.05, 3.63) is 0 Å². The molecular formula is C13H24NO2+. The smallest absolute Gasteiger partial charge is 0.302 e. The molecular weight excluding hydrogens is 202 g/mol. The summed E-state index contributed by atoms with van der Waals surface area (Å²) >= 11 is 0. The fourth-order valence-corrected chi connectivity index (χ4v) is 3.65. The molecule has 92 valence electrons. The molecule has 3 nitrogen and oxygen atoms in total. The minimum atomic E-state index is -0.129. The number of hydrogen-bond acceptors (Lipinski definition) is 2. The number of piperidine rings is 2. The first kappa shape index (κ1) is 11.9. The second-order valence-corrected chi connectivity index (χ2v) is 5.69. The number of esters is 1. The van der Waals surface area contributed by atoms with Gasteiger partial charge in [0, 0.05) is 19.3 Å². The molecule has 0 radical (unpaired) electrons. The highest BCUT2D eigenvalue weighted by atomic mass is 16.5. The van der Waals surface area contributed by atoms with E-state index in [0.29, 0.717) is 12.5 Å². The number of rotatable bonds is 2. The highest BCUT2D eigenvalue weighted by molar-refractivity contribution is 5.65.